The van der Waals surface area contributed by atoms with Gasteiger partial charge in [-0.1, -0.05) is 0 Å². The third-order valence-electron chi connectivity index (χ3n) is 0.556. The van der Waals surface area contributed by atoms with Crippen molar-refractivity contribution in [3.8, 4) is 0 Å². The second kappa shape index (κ2) is 37.0. The molecule has 0 aliphatic heterocycles. The molecule has 0 amide bonds. The Kier molecular flexibility index (Phi) is 59.9. The van der Waals surface area contributed by atoms with Crippen molar-refractivity contribution in [1.29, 1.82) is 0 Å². The number of aliphatic hydroxyl groups excluding tert-OH is 3. The van der Waals surface area contributed by atoms with Gasteiger partial charge >= 0.3 is 0 Å². The van der Waals surface area contributed by atoms with Gasteiger partial charge in [-0.05, 0) is 20.8 Å². The molecule has 0 saturated heterocycles. The van der Waals surface area contributed by atoms with Crippen LogP contribution in [0.4, 0.5) is 0 Å². The number of aliphatic hydroxyl groups is 3. The Bertz CT molecular complexity index is 99.4. The second-order valence-corrected chi connectivity index (χ2v) is 1.91. The van der Waals surface area contributed by atoms with Crippen molar-refractivity contribution in [3.63, 3.8) is 0 Å². The largest absolute Gasteiger partial charge is 0.397 e. The predicted octanol–water partition coefficient (Wildman–Crippen LogP) is 1.40. The van der Waals surface area contributed by atoms with E-state index in [1.807, 2.05) is 30.3 Å². The summed E-state index contributed by atoms with van der Waals surface area (Å²) >= 11 is 0. The zero-order valence-electron chi connectivity index (χ0n) is 9.85. The van der Waals surface area contributed by atoms with Crippen molar-refractivity contribution < 1.29 is 37.0 Å². The first-order chi connectivity index (χ1) is 6.74. The van der Waals surface area contributed by atoms with Gasteiger partial charge in [0.2, 0.25) is 0 Å². The van der Waals surface area contributed by atoms with E-state index in [9.17, 15) is 0 Å². The van der Waals surface area contributed by atoms with Crippen molar-refractivity contribution in [2.24, 2.45) is 0 Å². The first-order valence-corrected chi connectivity index (χ1v) is 4.74. The molecule has 1 aromatic rings. The molecule has 4 heteroatoms. The minimum Gasteiger partial charge on any atom is -0.397 e. The van der Waals surface area contributed by atoms with E-state index in [-0.39, 0.29) is 41.5 Å². The summed E-state index contributed by atoms with van der Waals surface area (Å²) < 4.78 is 0. The molecule has 0 unspecified atom stereocenters. The van der Waals surface area contributed by atoms with Crippen LogP contribution in [0.25, 0.3) is 0 Å². The Morgan fingerprint density at radius 1 is 0.800 bits per heavy atom. The van der Waals surface area contributed by atoms with Crippen LogP contribution < -0.4 is 0 Å². The molecule has 0 atom stereocenters. The molecular formula is C11H23O3Ti-. The summed E-state index contributed by atoms with van der Waals surface area (Å²) in [7, 11) is 0. The van der Waals surface area contributed by atoms with Gasteiger partial charge in [-0.15, -0.1) is 0 Å². The van der Waals surface area contributed by atoms with Crippen molar-refractivity contribution in [2.45, 2.75) is 20.8 Å². The van der Waals surface area contributed by atoms with Gasteiger partial charge in [0.05, 0.1) is 0 Å². The molecule has 0 fully saturated rings. The van der Waals surface area contributed by atoms with Crippen molar-refractivity contribution in [2.75, 3.05) is 19.8 Å². The molecule has 0 bridgehead atoms. The van der Waals surface area contributed by atoms with E-state index in [0.717, 1.165) is 0 Å². The monoisotopic (exact) mass is 251 g/mol. The standard InChI is InChI=1S/C5H5.3C2H6O.Ti/c1-2-4-5-3-1;3*1-2-3;/h1-5H;3*3H,2H2,1H3;/q-1;;;;. The van der Waals surface area contributed by atoms with E-state index in [1.165, 1.54) is 0 Å². The third-order valence-corrected chi connectivity index (χ3v) is 0.556. The molecule has 0 saturated carbocycles. The van der Waals surface area contributed by atoms with Crippen LogP contribution in [0.3, 0.4) is 0 Å². The number of hydrogen-bond donors (Lipinski definition) is 3. The average molecular weight is 251 g/mol. The van der Waals surface area contributed by atoms with Crippen LogP contribution in [-0.2, 0) is 21.7 Å². The molecule has 3 nitrogen and oxygen atoms in total. The Hall–Kier alpha value is -0.0557. The normalized spacial score (nSPS) is 6.27. The van der Waals surface area contributed by atoms with Gasteiger partial charge in [-0.25, -0.2) is 12.1 Å². The van der Waals surface area contributed by atoms with Gasteiger partial charge in [0.1, 0.15) is 0 Å². The van der Waals surface area contributed by atoms with Crippen molar-refractivity contribution in [1.82, 2.24) is 0 Å². The minimum absolute atomic E-state index is 0. The van der Waals surface area contributed by atoms with Crippen LogP contribution in [0.15, 0.2) is 30.3 Å². The molecule has 1 rings (SSSR count). The maximum Gasteiger partial charge on any atom is 0.0402 e. The Morgan fingerprint density at radius 2 is 1.00 bits per heavy atom. The van der Waals surface area contributed by atoms with E-state index in [2.05, 4.69) is 0 Å². The van der Waals surface area contributed by atoms with Crippen LogP contribution in [0, 0.1) is 0 Å². The molecular weight excluding hydrogens is 228 g/mol. The smallest absolute Gasteiger partial charge is 0.0402 e. The van der Waals surface area contributed by atoms with E-state index in [1.54, 1.807) is 20.8 Å². The maximum absolute atomic E-state index is 7.57. The Morgan fingerprint density at radius 3 is 1.07 bits per heavy atom. The van der Waals surface area contributed by atoms with E-state index in [0.29, 0.717) is 0 Å². The number of hydrogen-bond acceptors (Lipinski definition) is 3. The zero-order chi connectivity index (χ0) is 11.7. The first-order valence-electron chi connectivity index (χ1n) is 4.74. The van der Waals surface area contributed by atoms with Crippen LogP contribution in [-0.4, -0.2) is 35.1 Å². The summed E-state index contributed by atoms with van der Waals surface area (Å²) in [6.45, 7) is 5.79. The average Bonchev–Trinajstić information content (AvgIpc) is 2.63. The fourth-order valence-electron chi connectivity index (χ4n) is 0.321. The van der Waals surface area contributed by atoms with Gasteiger partial charge in [0, 0.05) is 41.5 Å². The molecule has 3 N–H and O–H groups in total. The Balaban J connectivity index is -0.0000000550. The van der Waals surface area contributed by atoms with Crippen LogP contribution in [0.1, 0.15) is 20.8 Å². The summed E-state index contributed by atoms with van der Waals surface area (Å²) in [5.41, 5.74) is 0. The summed E-state index contributed by atoms with van der Waals surface area (Å²) in [6.07, 6.45) is 0. The van der Waals surface area contributed by atoms with E-state index < -0.39 is 0 Å². The van der Waals surface area contributed by atoms with Crippen molar-refractivity contribution in [3.05, 3.63) is 30.3 Å². The fourth-order valence-corrected chi connectivity index (χ4v) is 0.321. The van der Waals surface area contributed by atoms with Gasteiger partial charge in [0.25, 0.3) is 0 Å². The van der Waals surface area contributed by atoms with Crippen LogP contribution in [0.5, 0.6) is 0 Å². The zero-order valence-corrected chi connectivity index (χ0v) is 11.4. The quantitative estimate of drug-likeness (QED) is 0.482. The van der Waals surface area contributed by atoms with E-state index in [4.69, 9.17) is 15.3 Å². The fraction of sp³-hybridized carbons (Fsp3) is 0.545. The SMILES string of the molecule is CCO.CCO.CCO.[Ti].c1cc[cH-]c1. The molecule has 0 aromatic heterocycles. The molecule has 15 heavy (non-hydrogen) atoms. The summed E-state index contributed by atoms with van der Waals surface area (Å²) in [5, 5.41) is 22.7. The summed E-state index contributed by atoms with van der Waals surface area (Å²) in [6, 6.07) is 10.0. The molecule has 0 aliphatic carbocycles. The number of rotatable bonds is 0. The van der Waals surface area contributed by atoms with E-state index >= 15 is 0 Å². The molecule has 90 valence electrons. The molecule has 0 radical (unpaired) electrons. The summed E-state index contributed by atoms with van der Waals surface area (Å²) in [5.74, 6) is 0. The topological polar surface area (TPSA) is 60.7 Å². The first kappa shape index (κ1) is 24.3. The van der Waals surface area contributed by atoms with Gasteiger partial charge in [-0.3, -0.25) is 0 Å². The predicted molar refractivity (Wildman–Crippen MR) is 60.3 cm³/mol. The van der Waals surface area contributed by atoms with Gasteiger partial charge < -0.3 is 15.3 Å². The van der Waals surface area contributed by atoms with Gasteiger partial charge in [0.15, 0.2) is 0 Å². The molecule has 0 spiro atoms. The van der Waals surface area contributed by atoms with Gasteiger partial charge in [-0.2, -0.15) is 18.2 Å². The summed E-state index contributed by atoms with van der Waals surface area (Å²) in [4.78, 5) is 0. The maximum atomic E-state index is 7.57. The molecule has 0 heterocycles. The third kappa shape index (κ3) is 81.4. The van der Waals surface area contributed by atoms with Crippen molar-refractivity contribution >= 4 is 0 Å². The van der Waals surface area contributed by atoms with Crippen LogP contribution in [0.2, 0.25) is 0 Å². The molecule has 0 aliphatic rings. The Labute approximate surface area is 108 Å². The molecule has 1 aromatic carbocycles. The van der Waals surface area contributed by atoms with Crippen LogP contribution >= 0.6 is 0 Å². The minimum atomic E-state index is 0. The second-order valence-electron chi connectivity index (χ2n) is 1.91.